The molecular weight excluding hydrogens is 378 g/mol. The molecule has 27 heavy (non-hydrogen) atoms. The Labute approximate surface area is 163 Å². The largest absolute Gasteiger partial charge is 0.354 e. The second-order valence-electron chi connectivity index (χ2n) is 6.05. The van der Waals surface area contributed by atoms with Gasteiger partial charge >= 0.3 is 0 Å². The van der Waals surface area contributed by atoms with Crippen LogP contribution in [0.4, 0.5) is 0 Å². The van der Waals surface area contributed by atoms with Gasteiger partial charge in [-0.2, -0.15) is 0 Å². The molecule has 0 aliphatic rings. The van der Waals surface area contributed by atoms with E-state index in [-0.39, 0.29) is 18.0 Å². The number of hydrogen-bond acceptors (Lipinski definition) is 5. The van der Waals surface area contributed by atoms with Crippen LogP contribution in [0.3, 0.4) is 0 Å². The molecule has 136 valence electrons. The fourth-order valence-electron chi connectivity index (χ4n) is 2.90. The predicted molar refractivity (Wildman–Crippen MR) is 110 cm³/mol. The van der Waals surface area contributed by atoms with Crippen molar-refractivity contribution in [2.24, 2.45) is 0 Å². The molecule has 7 heteroatoms. The van der Waals surface area contributed by atoms with Gasteiger partial charge in [0.25, 0.3) is 5.56 Å². The van der Waals surface area contributed by atoms with Gasteiger partial charge in [-0.05, 0) is 23.4 Å². The van der Waals surface area contributed by atoms with Gasteiger partial charge in [0, 0.05) is 22.4 Å². The minimum atomic E-state index is -0.189. The highest BCUT2D eigenvalue weighted by Crippen LogP contribution is 2.30. The van der Waals surface area contributed by atoms with Gasteiger partial charge in [0.15, 0.2) is 0 Å². The Morgan fingerprint density at radius 3 is 2.74 bits per heavy atom. The third kappa shape index (κ3) is 3.84. The molecule has 0 aliphatic carbocycles. The Hall–Kier alpha value is -2.77. The number of fused-ring (bicyclic) bond motifs is 1. The molecule has 1 amide bonds. The Balaban J connectivity index is 1.53. The lowest BCUT2D eigenvalue weighted by atomic mass is 10.1. The minimum Gasteiger partial charge on any atom is -0.354 e. The minimum absolute atomic E-state index is 0.0315. The van der Waals surface area contributed by atoms with Crippen molar-refractivity contribution in [1.29, 1.82) is 0 Å². The summed E-state index contributed by atoms with van der Waals surface area (Å²) in [5.41, 5.74) is 1.65. The van der Waals surface area contributed by atoms with Crippen LogP contribution in [0.5, 0.6) is 0 Å². The summed E-state index contributed by atoms with van der Waals surface area (Å²) in [5, 5.41) is 7.40. The zero-order chi connectivity index (χ0) is 18.6. The van der Waals surface area contributed by atoms with Gasteiger partial charge in [-0.1, -0.05) is 36.4 Å². The van der Waals surface area contributed by atoms with Crippen molar-refractivity contribution >= 4 is 38.8 Å². The molecule has 0 bridgehead atoms. The van der Waals surface area contributed by atoms with Gasteiger partial charge in [0.2, 0.25) is 5.91 Å². The van der Waals surface area contributed by atoms with Crippen LogP contribution in [-0.4, -0.2) is 22.0 Å². The molecule has 0 atom stereocenters. The SMILES string of the molecule is O=C(Cn1cnc2scc(-c3ccccc3)c2c1=O)NCCc1cccs1. The number of rotatable bonds is 6. The summed E-state index contributed by atoms with van der Waals surface area (Å²) in [6.45, 7) is 0.522. The first-order chi connectivity index (χ1) is 13.2. The van der Waals surface area contributed by atoms with E-state index in [0.717, 1.165) is 17.5 Å². The molecule has 0 saturated carbocycles. The zero-order valence-electron chi connectivity index (χ0n) is 14.4. The molecule has 0 saturated heterocycles. The normalized spacial score (nSPS) is 11.0. The van der Waals surface area contributed by atoms with E-state index in [9.17, 15) is 9.59 Å². The highest BCUT2D eigenvalue weighted by atomic mass is 32.1. The van der Waals surface area contributed by atoms with Gasteiger partial charge in [-0.25, -0.2) is 4.98 Å². The number of nitrogens with zero attached hydrogens (tertiary/aromatic N) is 2. The van der Waals surface area contributed by atoms with Crippen molar-refractivity contribution in [3.63, 3.8) is 0 Å². The van der Waals surface area contributed by atoms with Gasteiger partial charge < -0.3 is 5.32 Å². The number of nitrogens with one attached hydrogen (secondary N) is 1. The van der Waals surface area contributed by atoms with Crippen LogP contribution in [0.25, 0.3) is 21.3 Å². The fourth-order valence-corrected chi connectivity index (χ4v) is 4.52. The maximum Gasteiger partial charge on any atom is 0.263 e. The van der Waals surface area contributed by atoms with Crippen molar-refractivity contribution in [2.75, 3.05) is 6.54 Å². The van der Waals surface area contributed by atoms with Gasteiger partial charge in [-0.15, -0.1) is 22.7 Å². The first-order valence-electron chi connectivity index (χ1n) is 8.53. The number of amides is 1. The molecule has 0 fully saturated rings. The number of thiophene rings is 2. The number of aromatic nitrogens is 2. The third-order valence-corrected chi connectivity index (χ3v) is 6.06. The third-order valence-electron chi connectivity index (χ3n) is 4.23. The van der Waals surface area contributed by atoms with E-state index in [1.807, 2.05) is 53.2 Å². The van der Waals surface area contributed by atoms with Crippen molar-refractivity contribution in [2.45, 2.75) is 13.0 Å². The molecule has 0 unspecified atom stereocenters. The summed E-state index contributed by atoms with van der Waals surface area (Å²) in [6, 6.07) is 13.8. The average molecular weight is 396 g/mol. The standard InChI is InChI=1S/C20H17N3O2S2/c24-17(21-9-8-15-7-4-10-26-15)11-23-13-22-19-18(20(23)25)16(12-27-19)14-5-2-1-3-6-14/h1-7,10,12-13H,8-9,11H2,(H,21,24). The maximum absolute atomic E-state index is 12.9. The van der Waals surface area contributed by atoms with E-state index in [4.69, 9.17) is 0 Å². The molecular formula is C20H17N3O2S2. The first kappa shape index (κ1) is 17.6. The number of carbonyl (C=O) groups is 1. The molecule has 3 heterocycles. The summed E-state index contributed by atoms with van der Waals surface area (Å²) < 4.78 is 1.38. The molecule has 3 aromatic heterocycles. The highest BCUT2D eigenvalue weighted by Gasteiger charge is 2.14. The second-order valence-corrected chi connectivity index (χ2v) is 7.94. The summed E-state index contributed by atoms with van der Waals surface area (Å²) in [4.78, 5) is 31.4. The fraction of sp³-hybridized carbons (Fsp3) is 0.150. The lowest BCUT2D eigenvalue weighted by molar-refractivity contribution is -0.121. The lowest BCUT2D eigenvalue weighted by Gasteiger charge is -2.07. The van der Waals surface area contributed by atoms with E-state index >= 15 is 0 Å². The van der Waals surface area contributed by atoms with Crippen LogP contribution in [0.1, 0.15) is 4.88 Å². The summed E-state index contributed by atoms with van der Waals surface area (Å²) in [5.74, 6) is -0.189. The first-order valence-corrected chi connectivity index (χ1v) is 10.3. The van der Waals surface area contributed by atoms with Crippen LogP contribution >= 0.6 is 22.7 Å². The molecule has 1 N–H and O–H groups in total. The average Bonchev–Trinajstić information content (AvgIpc) is 3.35. The van der Waals surface area contributed by atoms with Crippen LogP contribution in [0, 0.1) is 0 Å². The molecule has 0 aliphatic heterocycles. The van der Waals surface area contributed by atoms with Crippen LogP contribution < -0.4 is 10.9 Å². The van der Waals surface area contributed by atoms with E-state index in [2.05, 4.69) is 10.3 Å². The Morgan fingerprint density at radius 1 is 1.11 bits per heavy atom. The zero-order valence-corrected chi connectivity index (χ0v) is 16.1. The van der Waals surface area contributed by atoms with Crippen molar-refractivity contribution in [3.8, 4) is 11.1 Å². The summed E-state index contributed by atoms with van der Waals surface area (Å²) in [6.07, 6.45) is 2.24. The van der Waals surface area contributed by atoms with Crippen LogP contribution in [-0.2, 0) is 17.8 Å². The molecule has 0 spiro atoms. The number of hydrogen-bond donors (Lipinski definition) is 1. The monoisotopic (exact) mass is 395 g/mol. The van der Waals surface area contributed by atoms with Crippen molar-refractivity contribution in [1.82, 2.24) is 14.9 Å². The Kier molecular flexibility index (Phi) is 5.13. The number of carbonyl (C=O) groups excluding carboxylic acids is 1. The topological polar surface area (TPSA) is 64.0 Å². The van der Waals surface area contributed by atoms with Crippen LogP contribution in [0.15, 0.2) is 64.3 Å². The molecule has 5 nitrogen and oxygen atoms in total. The van der Waals surface area contributed by atoms with E-state index in [0.29, 0.717) is 16.8 Å². The molecule has 1 aromatic carbocycles. The van der Waals surface area contributed by atoms with Gasteiger partial charge in [0.05, 0.1) is 11.7 Å². The second kappa shape index (κ2) is 7.85. The Bertz CT molecular complexity index is 1120. The molecule has 0 radical (unpaired) electrons. The lowest BCUT2D eigenvalue weighted by Crippen LogP contribution is -2.33. The highest BCUT2D eigenvalue weighted by molar-refractivity contribution is 7.17. The number of benzene rings is 1. The van der Waals surface area contributed by atoms with Crippen molar-refractivity contribution < 1.29 is 4.79 Å². The summed E-state index contributed by atoms with van der Waals surface area (Å²) in [7, 11) is 0. The smallest absolute Gasteiger partial charge is 0.263 e. The van der Waals surface area contributed by atoms with E-state index < -0.39 is 0 Å². The van der Waals surface area contributed by atoms with Crippen LogP contribution in [0.2, 0.25) is 0 Å². The molecule has 4 aromatic rings. The Morgan fingerprint density at radius 2 is 1.96 bits per heavy atom. The maximum atomic E-state index is 12.9. The van der Waals surface area contributed by atoms with E-state index in [1.165, 1.54) is 27.1 Å². The van der Waals surface area contributed by atoms with Gasteiger partial charge in [0.1, 0.15) is 11.4 Å². The molecule has 4 rings (SSSR count). The van der Waals surface area contributed by atoms with Gasteiger partial charge in [-0.3, -0.25) is 14.2 Å². The van der Waals surface area contributed by atoms with Crippen molar-refractivity contribution in [3.05, 3.63) is 74.8 Å². The predicted octanol–water partition coefficient (Wildman–Crippen LogP) is 3.55. The quantitative estimate of drug-likeness (QED) is 0.543. The summed E-state index contributed by atoms with van der Waals surface area (Å²) >= 11 is 3.11. The van der Waals surface area contributed by atoms with E-state index in [1.54, 1.807) is 11.3 Å².